The summed E-state index contributed by atoms with van der Waals surface area (Å²) in [5.74, 6) is -0.0312. The molecular formula is C8H5BrO2S. The Morgan fingerprint density at radius 3 is 2.75 bits per heavy atom. The number of hydrogen-bond donors (Lipinski definition) is 2. The number of fused-ring (bicyclic) bond motifs is 1. The minimum Gasteiger partial charge on any atom is -0.503 e. The third-order valence-electron chi connectivity index (χ3n) is 1.61. The van der Waals surface area contributed by atoms with Gasteiger partial charge in [0, 0.05) is 14.6 Å². The van der Waals surface area contributed by atoms with Gasteiger partial charge in [-0.05, 0) is 18.2 Å². The summed E-state index contributed by atoms with van der Waals surface area (Å²) in [5.41, 5.74) is 0. The van der Waals surface area contributed by atoms with Crippen molar-refractivity contribution in [2.45, 2.75) is 0 Å². The Morgan fingerprint density at radius 2 is 2.00 bits per heavy atom. The van der Waals surface area contributed by atoms with E-state index in [0.717, 1.165) is 9.17 Å². The number of hydrogen-bond acceptors (Lipinski definition) is 3. The summed E-state index contributed by atoms with van der Waals surface area (Å²) in [7, 11) is 0. The number of rotatable bonds is 0. The first kappa shape index (κ1) is 7.89. The summed E-state index contributed by atoms with van der Waals surface area (Å²) in [6.07, 6.45) is 0. The van der Waals surface area contributed by atoms with E-state index >= 15 is 0 Å². The molecule has 12 heavy (non-hydrogen) atoms. The fourth-order valence-electron chi connectivity index (χ4n) is 1.04. The lowest BCUT2D eigenvalue weighted by atomic mass is 10.2. The van der Waals surface area contributed by atoms with Crippen LogP contribution in [0.5, 0.6) is 10.8 Å². The fourth-order valence-corrected chi connectivity index (χ4v) is 2.22. The lowest BCUT2D eigenvalue weighted by molar-refractivity contribution is 0.419. The summed E-state index contributed by atoms with van der Waals surface area (Å²) < 4.78 is 1.77. The Kier molecular flexibility index (Phi) is 1.73. The molecular weight excluding hydrogens is 240 g/mol. The third-order valence-corrected chi connectivity index (χ3v) is 3.06. The summed E-state index contributed by atoms with van der Waals surface area (Å²) in [5, 5.41) is 19.2. The number of aromatic hydroxyl groups is 2. The highest BCUT2D eigenvalue weighted by Gasteiger charge is 2.09. The summed E-state index contributed by atoms with van der Waals surface area (Å²) in [6.45, 7) is 0. The van der Waals surface area contributed by atoms with Crippen molar-refractivity contribution in [3.05, 3.63) is 22.7 Å². The van der Waals surface area contributed by atoms with Gasteiger partial charge in [0.25, 0.3) is 0 Å². The zero-order valence-corrected chi connectivity index (χ0v) is 8.32. The number of thiophene rings is 1. The second-order valence-electron chi connectivity index (χ2n) is 2.40. The van der Waals surface area contributed by atoms with Crippen LogP contribution in [0.4, 0.5) is 0 Å². The van der Waals surface area contributed by atoms with Crippen molar-refractivity contribution >= 4 is 37.4 Å². The van der Waals surface area contributed by atoms with Crippen molar-refractivity contribution in [1.82, 2.24) is 0 Å². The van der Waals surface area contributed by atoms with Crippen LogP contribution in [0, 0.1) is 0 Å². The second kappa shape index (κ2) is 2.64. The van der Waals surface area contributed by atoms with E-state index in [0.29, 0.717) is 5.39 Å². The zero-order valence-electron chi connectivity index (χ0n) is 5.91. The van der Waals surface area contributed by atoms with Gasteiger partial charge in [0.05, 0.1) is 0 Å². The van der Waals surface area contributed by atoms with Gasteiger partial charge in [0.15, 0.2) is 5.75 Å². The molecule has 0 atom stereocenters. The molecule has 2 aromatic rings. The molecule has 4 heteroatoms. The Morgan fingerprint density at radius 1 is 1.25 bits per heavy atom. The van der Waals surface area contributed by atoms with Crippen LogP contribution >= 0.6 is 27.3 Å². The molecule has 0 amide bonds. The van der Waals surface area contributed by atoms with Crippen molar-refractivity contribution < 1.29 is 10.2 Å². The van der Waals surface area contributed by atoms with Crippen molar-refractivity contribution in [1.29, 1.82) is 0 Å². The Labute approximate surface area is 81.2 Å². The topological polar surface area (TPSA) is 40.5 Å². The molecule has 0 spiro atoms. The summed E-state index contributed by atoms with van der Waals surface area (Å²) >= 11 is 4.46. The molecule has 0 fully saturated rings. The molecule has 0 saturated carbocycles. The molecule has 2 nitrogen and oxygen atoms in total. The van der Waals surface area contributed by atoms with Gasteiger partial charge >= 0.3 is 0 Å². The van der Waals surface area contributed by atoms with E-state index in [1.54, 1.807) is 6.07 Å². The van der Waals surface area contributed by atoms with Crippen molar-refractivity contribution in [3.8, 4) is 10.8 Å². The minimum atomic E-state index is -0.0312. The largest absolute Gasteiger partial charge is 0.503 e. The van der Waals surface area contributed by atoms with Gasteiger partial charge in [-0.15, -0.1) is 0 Å². The molecule has 0 bridgehead atoms. The molecule has 0 radical (unpaired) electrons. The fraction of sp³-hybridized carbons (Fsp3) is 0. The van der Waals surface area contributed by atoms with Gasteiger partial charge in [0.2, 0.25) is 5.06 Å². The van der Waals surface area contributed by atoms with Crippen LogP contribution in [0.2, 0.25) is 0 Å². The maximum Gasteiger partial charge on any atom is 0.215 e. The van der Waals surface area contributed by atoms with Crippen LogP contribution in [0.15, 0.2) is 22.7 Å². The lowest BCUT2D eigenvalue weighted by Crippen LogP contribution is -1.64. The first-order valence-corrected chi connectivity index (χ1v) is 4.89. The Bertz CT molecular complexity index is 436. The predicted molar refractivity (Wildman–Crippen MR) is 52.9 cm³/mol. The normalized spacial score (nSPS) is 10.8. The lowest BCUT2D eigenvalue weighted by Gasteiger charge is -1.90. The summed E-state index contributed by atoms with van der Waals surface area (Å²) in [4.78, 5) is 0. The first-order chi connectivity index (χ1) is 5.68. The van der Waals surface area contributed by atoms with E-state index in [2.05, 4.69) is 15.9 Å². The molecule has 1 aromatic carbocycles. The van der Waals surface area contributed by atoms with Gasteiger partial charge < -0.3 is 10.2 Å². The molecule has 0 unspecified atom stereocenters. The van der Waals surface area contributed by atoms with Crippen LogP contribution in [0.25, 0.3) is 10.1 Å². The maximum absolute atomic E-state index is 9.36. The SMILES string of the molecule is Oc1sc2ccc(Br)cc2c1O. The zero-order chi connectivity index (χ0) is 8.72. The average Bonchev–Trinajstić information content (AvgIpc) is 2.31. The standard InChI is InChI=1S/C8H5BrO2S/c9-4-1-2-6-5(3-4)7(10)8(11)12-6/h1-3,10-11H. The molecule has 0 aliphatic rings. The predicted octanol–water partition coefficient (Wildman–Crippen LogP) is 3.08. The highest BCUT2D eigenvalue weighted by Crippen LogP contribution is 2.42. The van der Waals surface area contributed by atoms with Crippen LogP contribution in [-0.4, -0.2) is 10.2 Å². The van der Waals surface area contributed by atoms with Gasteiger partial charge in [-0.3, -0.25) is 0 Å². The van der Waals surface area contributed by atoms with Gasteiger partial charge in [-0.1, -0.05) is 27.3 Å². The number of halogens is 1. The van der Waals surface area contributed by atoms with Gasteiger partial charge in [0.1, 0.15) is 0 Å². The van der Waals surface area contributed by atoms with Gasteiger partial charge in [-0.25, -0.2) is 0 Å². The van der Waals surface area contributed by atoms with Crippen LogP contribution < -0.4 is 0 Å². The van der Waals surface area contributed by atoms with Crippen LogP contribution in [0.3, 0.4) is 0 Å². The Balaban J connectivity index is 2.88. The molecule has 1 heterocycles. The molecule has 1 aromatic heterocycles. The Hall–Kier alpha value is -0.740. The molecule has 0 saturated heterocycles. The van der Waals surface area contributed by atoms with E-state index in [1.807, 2.05) is 12.1 Å². The minimum absolute atomic E-state index is 0.0249. The summed E-state index contributed by atoms with van der Waals surface area (Å²) in [6, 6.07) is 5.50. The van der Waals surface area contributed by atoms with Crippen molar-refractivity contribution in [3.63, 3.8) is 0 Å². The molecule has 0 aliphatic heterocycles. The maximum atomic E-state index is 9.36. The van der Waals surface area contributed by atoms with Gasteiger partial charge in [-0.2, -0.15) is 0 Å². The van der Waals surface area contributed by atoms with Crippen molar-refractivity contribution in [2.24, 2.45) is 0 Å². The molecule has 2 rings (SSSR count). The van der Waals surface area contributed by atoms with E-state index in [-0.39, 0.29) is 10.8 Å². The molecule has 2 N–H and O–H groups in total. The first-order valence-electron chi connectivity index (χ1n) is 3.28. The van der Waals surface area contributed by atoms with Crippen molar-refractivity contribution in [2.75, 3.05) is 0 Å². The van der Waals surface area contributed by atoms with E-state index in [1.165, 1.54) is 11.3 Å². The van der Waals surface area contributed by atoms with E-state index < -0.39 is 0 Å². The molecule has 0 aliphatic carbocycles. The third kappa shape index (κ3) is 1.07. The highest BCUT2D eigenvalue weighted by molar-refractivity contribution is 9.10. The molecule has 62 valence electrons. The number of benzene rings is 1. The monoisotopic (exact) mass is 244 g/mol. The van der Waals surface area contributed by atoms with Crippen LogP contribution in [0.1, 0.15) is 0 Å². The average molecular weight is 245 g/mol. The quantitative estimate of drug-likeness (QED) is 0.748. The second-order valence-corrected chi connectivity index (χ2v) is 4.34. The smallest absolute Gasteiger partial charge is 0.215 e. The highest BCUT2D eigenvalue weighted by atomic mass is 79.9. The van der Waals surface area contributed by atoms with Crippen LogP contribution in [-0.2, 0) is 0 Å². The van der Waals surface area contributed by atoms with E-state index in [9.17, 15) is 10.2 Å². The van der Waals surface area contributed by atoms with E-state index in [4.69, 9.17) is 0 Å².